The number of carbonyl (C=O) groups excluding carboxylic acids is 1. The maximum Gasteiger partial charge on any atom is 0.266 e. The Bertz CT molecular complexity index is 800. The van der Waals surface area contributed by atoms with Gasteiger partial charge in [0, 0.05) is 42.3 Å². The second-order valence-corrected chi connectivity index (χ2v) is 4.53. The van der Waals surface area contributed by atoms with Crippen LogP contribution in [0.25, 0.3) is 16.5 Å². The van der Waals surface area contributed by atoms with Crippen molar-refractivity contribution >= 4 is 22.5 Å². The summed E-state index contributed by atoms with van der Waals surface area (Å²) >= 11 is 0. The molecule has 0 bridgehead atoms. The van der Waals surface area contributed by atoms with Gasteiger partial charge in [-0.15, -0.1) is 12.1 Å². The molecular weight excluding hydrogens is 433 g/mol. The van der Waals surface area contributed by atoms with E-state index >= 15 is 0 Å². The maximum absolute atomic E-state index is 11.5. The monoisotopic (exact) mass is 445 g/mol. The number of carbonyl (C=O) groups is 1. The van der Waals surface area contributed by atoms with Crippen LogP contribution < -0.4 is 0 Å². The zero-order valence-corrected chi connectivity index (χ0v) is 13.5. The van der Waals surface area contributed by atoms with Crippen molar-refractivity contribution in [2.75, 3.05) is 7.11 Å². The molecule has 0 saturated heterocycles. The molecule has 1 aromatic heterocycles. The van der Waals surface area contributed by atoms with Gasteiger partial charge in [-0.25, -0.2) is 11.1 Å². The van der Waals surface area contributed by atoms with Crippen LogP contribution >= 0.6 is 0 Å². The molecule has 0 atom stereocenters. The minimum Gasteiger partial charge on any atom is -0.523 e. The van der Waals surface area contributed by atoms with Crippen molar-refractivity contribution in [2.24, 2.45) is 0 Å². The molecule has 0 aliphatic rings. The van der Waals surface area contributed by atoms with Crippen molar-refractivity contribution < 1.29 is 50.8 Å². The van der Waals surface area contributed by atoms with E-state index in [4.69, 9.17) is 11.0 Å². The van der Waals surface area contributed by atoms with Gasteiger partial charge in [0.05, 0.1) is 7.11 Å². The predicted octanol–water partition coefficient (Wildman–Crippen LogP) is 3.88. The third-order valence-corrected chi connectivity index (χ3v) is 3.18. The maximum atomic E-state index is 11.5. The number of para-hydroxylation sites is 1. The van der Waals surface area contributed by atoms with Gasteiger partial charge in [0.1, 0.15) is 5.58 Å². The second kappa shape index (κ2) is 7.12. The number of esters is 1. The van der Waals surface area contributed by atoms with Gasteiger partial charge in [-0.2, -0.15) is 12.1 Å². The fourth-order valence-electron chi connectivity index (χ4n) is 2.10. The molecule has 3 aromatic rings. The van der Waals surface area contributed by atoms with Gasteiger partial charge in [-0.05, 0) is 11.8 Å². The largest absolute Gasteiger partial charge is 0.523 e. The van der Waals surface area contributed by atoms with Crippen LogP contribution in [0.4, 0.5) is 0 Å². The molecule has 22 heavy (non-hydrogen) atoms. The van der Waals surface area contributed by atoms with E-state index in [9.17, 15) is 4.79 Å². The summed E-state index contributed by atoms with van der Waals surface area (Å²) in [5.41, 5.74) is 2.11. The van der Waals surface area contributed by atoms with Gasteiger partial charge >= 0.3 is 0 Å². The minimum absolute atomic E-state index is 0. The number of hydrogen-bond donors (Lipinski definition) is 0. The summed E-state index contributed by atoms with van der Waals surface area (Å²) in [7, 11) is 1.33. The molecule has 0 spiro atoms. The summed E-state index contributed by atoms with van der Waals surface area (Å²) in [5, 5.41) is 0.972. The molecule has 0 aliphatic heterocycles. The second-order valence-electron chi connectivity index (χ2n) is 4.53. The van der Waals surface area contributed by atoms with Crippen LogP contribution in [0.15, 0.2) is 52.9 Å². The van der Waals surface area contributed by atoms with E-state index in [-0.39, 0.29) is 36.9 Å². The van der Waals surface area contributed by atoms with Crippen molar-refractivity contribution in [3.63, 3.8) is 0 Å². The molecule has 0 unspecified atom stereocenters. The summed E-state index contributed by atoms with van der Waals surface area (Å²) < 4.78 is 10.4. The normalized spacial score (nSPS) is 10.0. The number of methoxy groups -OCH3 is 1. The number of furan rings is 1. The molecule has 0 N–H and O–H groups in total. The van der Waals surface area contributed by atoms with E-state index in [0.717, 1.165) is 11.0 Å². The first kappa shape index (κ1) is 16.8. The van der Waals surface area contributed by atoms with Crippen molar-refractivity contribution in [2.45, 2.75) is 0 Å². The molecule has 1 radical (unpaired) electrons. The molecule has 1 heterocycles. The number of ether oxygens (including phenoxy) is 1. The third-order valence-electron chi connectivity index (χ3n) is 3.18. The molecule has 0 fully saturated rings. The van der Waals surface area contributed by atoms with E-state index in [0.29, 0.717) is 22.5 Å². The average molecular weight is 445 g/mol. The Hall–Kier alpha value is -1.58. The van der Waals surface area contributed by atoms with Crippen LogP contribution in [0.5, 0.6) is 0 Å². The van der Waals surface area contributed by atoms with E-state index in [1.54, 1.807) is 18.2 Å². The fraction of sp³-hybridized carbons (Fsp3) is 0.0556. The Labute approximate surface area is 157 Å². The Morgan fingerprint density at radius 2 is 1.86 bits per heavy atom. The molecule has 0 amide bonds. The van der Waals surface area contributed by atoms with Crippen LogP contribution in [0.1, 0.15) is 21.7 Å². The van der Waals surface area contributed by atoms with E-state index in [1.165, 1.54) is 7.11 Å². The van der Waals surface area contributed by atoms with Crippen molar-refractivity contribution in [3.8, 4) is 0 Å². The summed E-state index contributed by atoms with van der Waals surface area (Å²) in [5.74, 6) is 0.101. The fourth-order valence-corrected chi connectivity index (χ4v) is 2.10. The minimum atomic E-state index is -0.450. The smallest absolute Gasteiger partial charge is 0.266 e. The number of fused-ring (bicyclic) bond motifs is 1. The topological polar surface area (TPSA) is 39.4 Å². The van der Waals surface area contributed by atoms with Gasteiger partial charge in [-0.1, -0.05) is 29.8 Å². The van der Waals surface area contributed by atoms with Gasteiger partial charge in [0.25, 0.3) is 5.97 Å². The summed E-state index contributed by atoms with van der Waals surface area (Å²) in [6.07, 6.45) is 0. The van der Waals surface area contributed by atoms with Crippen molar-refractivity contribution in [1.29, 1.82) is 0 Å². The third kappa shape index (κ3) is 3.26. The molecule has 2 aromatic carbocycles. The molecule has 0 saturated carbocycles. The summed E-state index contributed by atoms with van der Waals surface area (Å²) in [4.78, 5) is 11.5. The average Bonchev–Trinajstić information content (AvgIpc) is 2.97. The SMILES string of the molecule is [CH-]=C(c1[c-]c(C(=O)OC)ccc1)c1cc2ccccc2o1.[Tm]. The molecule has 3 nitrogen and oxygen atoms in total. The molecule has 3 rings (SSSR count). The standard InChI is InChI=1S/C18H12O3.Tm/c1-12(13-7-5-8-15(10-13)18(19)20-2)17-11-14-6-3-4-9-16(14)21-17;/h1,3-9,11H,2H3;/q-2;. The molecule has 117 valence electrons. The van der Waals surface area contributed by atoms with Crippen LogP contribution in [0.2, 0.25) is 0 Å². The molecule has 0 aliphatic carbocycles. The van der Waals surface area contributed by atoms with Gasteiger partial charge in [0.2, 0.25) is 0 Å². The van der Waals surface area contributed by atoms with Gasteiger partial charge in [0.15, 0.2) is 0 Å². The van der Waals surface area contributed by atoms with E-state index < -0.39 is 5.97 Å². The van der Waals surface area contributed by atoms with Crippen molar-refractivity contribution in [3.05, 3.63) is 78.1 Å². The van der Waals surface area contributed by atoms with E-state index in [1.807, 2.05) is 30.3 Å². The van der Waals surface area contributed by atoms with Crippen LogP contribution in [-0.4, -0.2) is 13.1 Å². The predicted molar refractivity (Wildman–Crippen MR) is 79.6 cm³/mol. The Morgan fingerprint density at radius 1 is 1.14 bits per heavy atom. The van der Waals surface area contributed by atoms with Gasteiger partial charge < -0.3 is 9.15 Å². The van der Waals surface area contributed by atoms with Crippen LogP contribution in [0.3, 0.4) is 0 Å². The van der Waals surface area contributed by atoms with Crippen molar-refractivity contribution in [1.82, 2.24) is 0 Å². The Morgan fingerprint density at radius 3 is 2.59 bits per heavy atom. The van der Waals surface area contributed by atoms with Crippen LogP contribution in [0, 0.1) is 49.5 Å². The Balaban J connectivity index is 0.00000176. The first-order valence-electron chi connectivity index (χ1n) is 6.41. The summed E-state index contributed by atoms with van der Waals surface area (Å²) in [6.45, 7) is 6.13. The number of benzene rings is 2. The summed E-state index contributed by atoms with van der Waals surface area (Å²) in [6, 6.07) is 17.6. The first-order valence-corrected chi connectivity index (χ1v) is 6.41. The quantitative estimate of drug-likeness (QED) is 0.454. The zero-order valence-electron chi connectivity index (χ0n) is 11.7. The zero-order chi connectivity index (χ0) is 14.8. The van der Waals surface area contributed by atoms with Gasteiger partial charge in [-0.3, -0.25) is 11.4 Å². The van der Waals surface area contributed by atoms with E-state index in [2.05, 4.69) is 10.8 Å². The first-order chi connectivity index (χ1) is 10.2. The molecular formula is C18H12O3Tm-2. The van der Waals surface area contributed by atoms with Crippen LogP contribution in [-0.2, 0) is 4.74 Å². The Kier molecular flexibility index (Phi) is 5.44. The molecule has 4 heteroatoms. The number of rotatable bonds is 3. The number of hydrogen-bond acceptors (Lipinski definition) is 3.